The number of hydrogen-bond donors (Lipinski definition) is 0. The van der Waals surface area contributed by atoms with Gasteiger partial charge in [0.25, 0.3) is 5.92 Å². The Hall–Kier alpha value is -0.990. The van der Waals surface area contributed by atoms with Crippen LogP contribution in [-0.4, -0.2) is 11.6 Å². The molecule has 0 saturated carbocycles. The van der Waals surface area contributed by atoms with Gasteiger partial charge in [0.1, 0.15) is 5.67 Å². The third-order valence-corrected chi connectivity index (χ3v) is 2.60. The molecule has 0 aliphatic rings. The summed E-state index contributed by atoms with van der Waals surface area (Å²) < 4.78 is 40.7. The van der Waals surface area contributed by atoms with Crippen LogP contribution in [0.1, 0.15) is 37.8 Å². The second kappa shape index (κ2) is 4.11. The molecule has 0 aliphatic heterocycles. The van der Waals surface area contributed by atoms with Gasteiger partial charge < -0.3 is 0 Å². The minimum absolute atomic E-state index is 0.339. The van der Waals surface area contributed by atoms with Gasteiger partial charge in [0.05, 0.1) is 5.92 Å². The molecule has 0 N–H and O–H groups in total. The lowest BCUT2D eigenvalue weighted by Crippen LogP contribution is -2.36. The quantitative estimate of drug-likeness (QED) is 0.718. The smallest absolute Gasteiger partial charge is 0.244 e. The Morgan fingerprint density at radius 3 is 1.69 bits per heavy atom. The van der Waals surface area contributed by atoms with Gasteiger partial charge in [-0.2, -0.15) is 0 Å². The van der Waals surface area contributed by atoms with Gasteiger partial charge in [-0.3, -0.25) is 0 Å². The summed E-state index contributed by atoms with van der Waals surface area (Å²) in [7, 11) is 0. The molecule has 0 saturated heterocycles. The van der Waals surface area contributed by atoms with E-state index in [2.05, 4.69) is 0 Å². The van der Waals surface area contributed by atoms with Crippen LogP contribution in [-0.2, 0) is 0 Å². The molecule has 90 valence electrons. The van der Waals surface area contributed by atoms with E-state index in [4.69, 9.17) is 0 Å². The van der Waals surface area contributed by atoms with E-state index in [1.807, 2.05) is 6.92 Å². The van der Waals surface area contributed by atoms with Crippen LogP contribution in [0.15, 0.2) is 24.3 Å². The molecule has 1 atom stereocenters. The highest BCUT2D eigenvalue weighted by Gasteiger charge is 2.46. The van der Waals surface area contributed by atoms with E-state index in [-0.39, 0.29) is 0 Å². The zero-order chi connectivity index (χ0) is 12.6. The Morgan fingerprint density at radius 2 is 1.38 bits per heavy atom. The first kappa shape index (κ1) is 13.1. The Bertz CT molecular complexity index is 327. The first-order chi connectivity index (χ1) is 7.12. The summed E-state index contributed by atoms with van der Waals surface area (Å²) in [5, 5.41) is 0. The maximum Gasteiger partial charge on any atom is 0.255 e. The van der Waals surface area contributed by atoms with Crippen LogP contribution in [0, 0.1) is 6.92 Å². The second-order valence-electron chi connectivity index (χ2n) is 4.86. The Morgan fingerprint density at radius 1 is 0.938 bits per heavy atom. The first-order valence-corrected chi connectivity index (χ1v) is 5.25. The van der Waals surface area contributed by atoms with Gasteiger partial charge in [-0.05, 0) is 26.3 Å². The Labute approximate surface area is 94.5 Å². The summed E-state index contributed by atoms with van der Waals surface area (Å²) in [6.07, 6.45) is 0. The van der Waals surface area contributed by atoms with Crippen LogP contribution in [0.2, 0.25) is 0 Å². The van der Waals surface area contributed by atoms with Crippen molar-refractivity contribution in [2.75, 3.05) is 0 Å². The molecule has 0 heterocycles. The zero-order valence-corrected chi connectivity index (χ0v) is 10.0. The highest BCUT2D eigenvalue weighted by Crippen LogP contribution is 2.43. The largest absolute Gasteiger partial charge is 0.255 e. The zero-order valence-electron chi connectivity index (χ0n) is 10.0. The molecule has 1 rings (SSSR count). The number of alkyl halides is 3. The average Bonchev–Trinajstić information content (AvgIpc) is 2.03. The highest BCUT2D eigenvalue weighted by molar-refractivity contribution is 5.28. The topological polar surface area (TPSA) is 0 Å². The molecule has 1 aromatic rings. The minimum atomic E-state index is -3.08. The molecular weight excluding hydrogens is 213 g/mol. The molecule has 16 heavy (non-hydrogen) atoms. The van der Waals surface area contributed by atoms with Crippen molar-refractivity contribution < 1.29 is 13.2 Å². The normalized spacial score (nSPS) is 14.9. The van der Waals surface area contributed by atoms with Crippen molar-refractivity contribution >= 4 is 0 Å². The monoisotopic (exact) mass is 230 g/mol. The van der Waals surface area contributed by atoms with Crippen LogP contribution in [0.4, 0.5) is 13.2 Å². The van der Waals surface area contributed by atoms with Gasteiger partial charge in [0.2, 0.25) is 0 Å². The number of benzene rings is 1. The molecule has 0 aliphatic carbocycles. The van der Waals surface area contributed by atoms with E-state index in [0.29, 0.717) is 5.56 Å². The van der Waals surface area contributed by atoms with Crippen molar-refractivity contribution in [3.63, 3.8) is 0 Å². The third-order valence-electron chi connectivity index (χ3n) is 2.60. The summed E-state index contributed by atoms with van der Waals surface area (Å²) in [6, 6.07) is 6.58. The van der Waals surface area contributed by atoms with Gasteiger partial charge in [-0.15, -0.1) is 0 Å². The molecule has 3 heteroatoms. The lowest BCUT2D eigenvalue weighted by atomic mass is 9.81. The minimum Gasteiger partial charge on any atom is -0.244 e. The molecule has 0 radical (unpaired) electrons. The molecule has 1 unspecified atom stereocenters. The standard InChI is InChI=1S/C13H17F3/c1-9-5-7-10(8-6-9)11(12(2,3)14)13(4,15)16/h5-8,11H,1-4H3. The molecule has 0 aromatic heterocycles. The fourth-order valence-electron chi connectivity index (χ4n) is 2.05. The van der Waals surface area contributed by atoms with Crippen LogP contribution >= 0.6 is 0 Å². The third kappa shape index (κ3) is 3.00. The predicted octanol–water partition coefficient (Wildman–Crippen LogP) is 4.48. The Kier molecular flexibility index (Phi) is 3.36. The molecule has 0 fully saturated rings. The van der Waals surface area contributed by atoms with Crippen LogP contribution in [0.3, 0.4) is 0 Å². The van der Waals surface area contributed by atoms with Crippen LogP contribution in [0.25, 0.3) is 0 Å². The number of halogens is 3. The van der Waals surface area contributed by atoms with E-state index in [0.717, 1.165) is 12.5 Å². The van der Waals surface area contributed by atoms with E-state index < -0.39 is 17.5 Å². The molecule has 0 nitrogen and oxygen atoms in total. The number of hydrogen-bond acceptors (Lipinski definition) is 0. The van der Waals surface area contributed by atoms with Crippen molar-refractivity contribution in [3.05, 3.63) is 35.4 Å². The summed E-state index contributed by atoms with van der Waals surface area (Å²) >= 11 is 0. The van der Waals surface area contributed by atoms with E-state index in [1.54, 1.807) is 24.3 Å². The molecule has 0 bridgehead atoms. The number of aryl methyl sites for hydroxylation is 1. The summed E-state index contributed by atoms with van der Waals surface area (Å²) in [6.45, 7) is 5.01. The summed E-state index contributed by atoms with van der Waals surface area (Å²) in [4.78, 5) is 0. The number of rotatable bonds is 3. The average molecular weight is 230 g/mol. The molecule has 0 spiro atoms. The lowest BCUT2D eigenvalue weighted by Gasteiger charge is -2.32. The van der Waals surface area contributed by atoms with Gasteiger partial charge >= 0.3 is 0 Å². The van der Waals surface area contributed by atoms with Crippen LogP contribution in [0.5, 0.6) is 0 Å². The van der Waals surface area contributed by atoms with Gasteiger partial charge in [-0.1, -0.05) is 29.8 Å². The Balaban J connectivity index is 3.18. The second-order valence-corrected chi connectivity index (χ2v) is 4.86. The van der Waals surface area contributed by atoms with Gasteiger partial charge in [-0.25, -0.2) is 13.2 Å². The van der Waals surface area contributed by atoms with Crippen molar-refractivity contribution in [3.8, 4) is 0 Å². The van der Waals surface area contributed by atoms with Crippen LogP contribution < -0.4 is 0 Å². The van der Waals surface area contributed by atoms with Crippen molar-refractivity contribution in [2.24, 2.45) is 0 Å². The highest BCUT2D eigenvalue weighted by atomic mass is 19.3. The summed E-state index contributed by atoms with van der Waals surface area (Å²) in [5.41, 5.74) is -0.641. The maximum absolute atomic E-state index is 13.9. The fourth-order valence-corrected chi connectivity index (χ4v) is 2.05. The van der Waals surface area contributed by atoms with Gasteiger partial charge in [0.15, 0.2) is 0 Å². The van der Waals surface area contributed by atoms with E-state index >= 15 is 0 Å². The van der Waals surface area contributed by atoms with E-state index in [1.165, 1.54) is 13.8 Å². The van der Waals surface area contributed by atoms with Crippen molar-refractivity contribution in [2.45, 2.75) is 45.2 Å². The van der Waals surface area contributed by atoms with Crippen molar-refractivity contribution in [1.82, 2.24) is 0 Å². The maximum atomic E-state index is 13.9. The predicted molar refractivity (Wildman–Crippen MR) is 59.7 cm³/mol. The van der Waals surface area contributed by atoms with Crippen molar-refractivity contribution in [1.29, 1.82) is 0 Å². The molecular formula is C13H17F3. The SMILES string of the molecule is Cc1ccc(C(C(C)(C)F)C(C)(F)F)cc1. The lowest BCUT2D eigenvalue weighted by molar-refractivity contribution is -0.0572. The van der Waals surface area contributed by atoms with E-state index in [9.17, 15) is 13.2 Å². The fraction of sp³-hybridized carbons (Fsp3) is 0.538. The molecule has 1 aromatic carbocycles. The molecule has 0 amide bonds. The first-order valence-electron chi connectivity index (χ1n) is 5.25. The van der Waals surface area contributed by atoms with Gasteiger partial charge in [0, 0.05) is 6.92 Å². The summed E-state index contributed by atoms with van der Waals surface area (Å²) in [5.74, 6) is -4.49.